The molecule has 1 radical (unpaired) electrons. The van der Waals surface area contributed by atoms with Crippen molar-refractivity contribution in [1.29, 1.82) is 0 Å². The molecule has 2 aromatic rings. The third-order valence-electron chi connectivity index (χ3n) is 2.98. The van der Waals surface area contributed by atoms with Crippen molar-refractivity contribution in [1.82, 2.24) is 14.9 Å². The number of isothiocyanates is 1. The summed E-state index contributed by atoms with van der Waals surface area (Å²) in [5, 5.41) is 8.47. The predicted octanol–water partition coefficient (Wildman–Crippen LogP) is 0.676. The van der Waals surface area contributed by atoms with E-state index in [1.165, 1.54) is 5.16 Å². The van der Waals surface area contributed by atoms with Gasteiger partial charge in [-0.1, -0.05) is 24.4 Å². The molecule has 2 atom stereocenters. The fourth-order valence-electron chi connectivity index (χ4n) is 2.13. The summed E-state index contributed by atoms with van der Waals surface area (Å²) in [7, 11) is -6.71. The number of hydrogen-bond acceptors (Lipinski definition) is 7. The van der Waals surface area contributed by atoms with Crippen molar-refractivity contribution in [2.45, 2.75) is 13.1 Å². The molecule has 6 N–H and O–H groups in total. The Bertz CT molecular complexity index is 743. The standard InChI is InChI=1S/C14H17N3O4P2.CNS.Ni.2H2O/c18-22(19)12-23(20,21)11-17(9-13-5-1-3-7-15-13)10-14-6-2-4-8-16-14;2-1-3;;;/h1-8H,9-12H2,(H-,18,19,20,21);;;2*1H2/q;-1;+3;;/p+1. The van der Waals surface area contributed by atoms with Gasteiger partial charge in [-0.05, 0) is 28.8 Å². The Kier molecular flexibility index (Phi) is 19.6. The van der Waals surface area contributed by atoms with Gasteiger partial charge in [-0.15, -0.1) is 0 Å². The molecule has 2 rings (SSSR count). The molecule has 161 valence electrons. The van der Waals surface area contributed by atoms with Gasteiger partial charge >= 0.3 is 24.5 Å². The van der Waals surface area contributed by atoms with E-state index in [0.717, 1.165) is 11.4 Å². The average molecular weight is 507 g/mol. The second-order valence-corrected chi connectivity index (χ2v) is 9.10. The van der Waals surface area contributed by atoms with Crippen molar-refractivity contribution in [2.75, 3.05) is 12.2 Å². The maximum Gasteiger partial charge on any atom is 3.00 e. The molecule has 0 saturated carbocycles. The van der Waals surface area contributed by atoms with E-state index in [1.807, 2.05) is 12.1 Å². The van der Waals surface area contributed by atoms with Gasteiger partial charge in [0.15, 0.2) is 0 Å². The summed E-state index contributed by atoms with van der Waals surface area (Å²) in [6.45, 7) is 0.623. The van der Waals surface area contributed by atoms with Crippen LogP contribution in [0.2, 0.25) is 0 Å². The summed E-state index contributed by atoms with van der Waals surface area (Å²) in [6, 6.07) is 10.8. The molecule has 2 unspecified atom stereocenters. The minimum atomic E-state index is -3.99. The van der Waals surface area contributed by atoms with Crippen molar-refractivity contribution in [2.24, 2.45) is 0 Å². The van der Waals surface area contributed by atoms with Crippen LogP contribution in [0, 0.1) is 0 Å². The Hall–Kier alpha value is -1.28. The molecular formula is C15H22N4NiO6P2S+3. The molecule has 0 aromatic carbocycles. The zero-order valence-electron chi connectivity index (χ0n) is 15.1. The number of nitrogens with zero attached hydrogens (tertiary/aromatic N) is 4. The molecule has 0 amide bonds. The topological polar surface area (TPSA) is 193 Å². The zero-order valence-corrected chi connectivity index (χ0v) is 18.7. The van der Waals surface area contributed by atoms with Crippen LogP contribution < -0.4 is 4.89 Å². The first-order valence-corrected chi connectivity index (χ1v) is 11.1. The van der Waals surface area contributed by atoms with Crippen LogP contribution in [0.3, 0.4) is 0 Å². The van der Waals surface area contributed by atoms with Crippen LogP contribution >= 0.6 is 27.6 Å². The van der Waals surface area contributed by atoms with Gasteiger partial charge in [0.2, 0.25) is 5.90 Å². The minimum absolute atomic E-state index is 0. The van der Waals surface area contributed by atoms with Gasteiger partial charge in [0.1, 0.15) is 0 Å². The van der Waals surface area contributed by atoms with E-state index in [2.05, 4.69) is 22.2 Å². The van der Waals surface area contributed by atoms with Crippen molar-refractivity contribution in [3.8, 4) is 0 Å². The molecule has 0 bridgehead atoms. The first-order valence-electron chi connectivity index (χ1n) is 7.32. The Balaban J connectivity index is -0.00000106. The smallest absolute Gasteiger partial charge is 0.795 e. The summed E-state index contributed by atoms with van der Waals surface area (Å²) in [6.07, 6.45) is 2.97. The quantitative estimate of drug-likeness (QED) is 0.177. The molecule has 0 saturated heterocycles. The second-order valence-electron chi connectivity index (χ2n) is 5.17. The summed E-state index contributed by atoms with van der Waals surface area (Å²) >= 11 is 3.70. The van der Waals surface area contributed by atoms with Crippen molar-refractivity contribution >= 4 is 32.8 Å². The number of aromatic nitrogens is 2. The Morgan fingerprint density at radius 3 is 1.90 bits per heavy atom. The fourth-order valence-corrected chi connectivity index (χ4v) is 4.77. The van der Waals surface area contributed by atoms with E-state index in [0.29, 0.717) is 13.1 Å². The van der Waals surface area contributed by atoms with Gasteiger partial charge in [-0.25, -0.2) is 0 Å². The fraction of sp³-hybridized carbons (Fsp3) is 0.267. The number of thiocarbonyl (C=S) groups is 1. The zero-order chi connectivity index (χ0) is 19.4. The van der Waals surface area contributed by atoms with E-state index < -0.39 is 21.3 Å². The average Bonchev–Trinajstić information content (AvgIpc) is 2.55. The summed E-state index contributed by atoms with van der Waals surface area (Å²) in [5.74, 6) is -0.719. The monoisotopic (exact) mass is 506 g/mol. The third kappa shape index (κ3) is 15.3. The number of hydrogen-bond donors (Lipinski definition) is 1. The minimum Gasteiger partial charge on any atom is -0.795 e. The van der Waals surface area contributed by atoms with Crippen LogP contribution in [-0.2, 0) is 44.2 Å². The van der Waals surface area contributed by atoms with Crippen molar-refractivity contribution < 1.29 is 46.4 Å². The van der Waals surface area contributed by atoms with Crippen LogP contribution in [0.15, 0.2) is 48.8 Å². The van der Waals surface area contributed by atoms with E-state index in [1.54, 1.807) is 41.6 Å². The van der Waals surface area contributed by atoms with Crippen LogP contribution in [0.4, 0.5) is 0 Å². The molecule has 0 aliphatic rings. The maximum absolute atomic E-state index is 12.0. The Labute approximate surface area is 184 Å². The third-order valence-corrected chi connectivity index (χ3v) is 6.50. The van der Waals surface area contributed by atoms with Gasteiger partial charge < -0.3 is 25.8 Å². The Morgan fingerprint density at radius 1 is 1.17 bits per heavy atom. The molecule has 0 spiro atoms. The maximum atomic E-state index is 12.0. The molecule has 29 heavy (non-hydrogen) atoms. The van der Waals surface area contributed by atoms with Crippen molar-refractivity contribution in [3.63, 3.8) is 0 Å². The molecule has 0 aliphatic carbocycles. The van der Waals surface area contributed by atoms with E-state index in [9.17, 15) is 14.0 Å². The molecular weight excluding hydrogens is 485 g/mol. The van der Waals surface area contributed by atoms with Crippen LogP contribution in [0.1, 0.15) is 11.4 Å². The molecule has 2 heterocycles. The predicted molar refractivity (Wildman–Crippen MR) is 109 cm³/mol. The molecule has 10 nitrogen and oxygen atoms in total. The first kappa shape index (κ1) is 32.4. The van der Waals surface area contributed by atoms with Gasteiger partial charge in [0.05, 0.1) is 18.8 Å². The SMILES string of the molecule is O.O=[P+](O)CP(=O)([O-])CN(Cc1ccccn1)Cc1ccccn1.[N-]=C=S.[Ni+3].[OH3+]. The van der Waals surface area contributed by atoms with Gasteiger partial charge in [0, 0.05) is 31.8 Å². The summed E-state index contributed by atoms with van der Waals surface area (Å²) in [5.41, 5.74) is 1.44. The van der Waals surface area contributed by atoms with E-state index in [4.69, 9.17) is 10.3 Å². The number of rotatable bonds is 8. The van der Waals surface area contributed by atoms with Crippen LogP contribution in [0.25, 0.3) is 5.41 Å². The largest absolute Gasteiger partial charge is 3.00 e. The van der Waals surface area contributed by atoms with Gasteiger partial charge in [0.25, 0.3) is 0 Å². The summed E-state index contributed by atoms with van der Waals surface area (Å²) < 4.78 is 22.9. The molecule has 2 aromatic heterocycles. The molecule has 14 heteroatoms. The Morgan fingerprint density at radius 2 is 1.59 bits per heavy atom. The van der Waals surface area contributed by atoms with Crippen LogP contribution in [-0.4, -0.2) is 42.6 Å². The van der Waals surface area contributed by atoms with E-state index in [-0.39, 0.29) is 33.7 Å². The second kappa shape index (κ2) is 17.6. The van der Waals surface area contributed by atoms with Crippen molar-refractivity contribution in [3.05, 3.63) is 65.6 Å². The summed E-state index contributed by atoms with van der Waals surface area (Å²) in [4.78, 5) is 30.9. The van der Waals surface area contributed by atoms with Gasteiger partial charge in [-0.2, -0.15) is 10.1 Å². The first-order chi connectivity index (χ1) is 12.4. The van der Waals surface area contributed by atoms with E-state index >= 15 is 0 Å². The normalized spacial score (nSPS) is 11.8. The molecule has 0 aliphatic heterocycles. The van der Waals surface area contributed by atoms with Crippen LogP contribution in [0.5, 0.6) is 0 Å². The number of pyridine rings is 2. The van der Waals surface area contributed by atoms with Gasteiger partial charge in [-0.3, -0.25) is 14.9 Å². The molecule has 0 fully saturated rings.